The van der Waals surface area contributed by atoms with Crippen LogP contribution < -0.4 is 15.5 Å². The number of benzene rings is 2. The summed E-state index contributed by atoms with van der Waals surface area (Å²) in [5.74, 6) is -1.48. The molecule has 0 bridgehead atoms. The molecule has 8 heteroatoms. The third-order valence-corrected chi connectivity index (χ3v) is 7.46. The highest BCUT2D eigenvalue weighted by molar-refractivity contribution is 6.20. The Balaban J connectivity index is 1.74. The van der Waals surface area contributed by atoms with Gasteiger partial charge in [0.15, 0.2) is 0 Å². The van der Waals surface area contributed by atoms with Crippen molar-refractivity contribution in [2.45, 2.75) is 71.5 Å². The van der Waals surface area contributed by atoms with Crippen molar-refractivity contribution in [1.82, 2.24) is 9.88 Å². The van der Waals surface area contributed by atoms with E-state index in [9.17, 15) is 18.8 Å². The summed E-state index contributed by atoms with van der Waals surface area (Å²) in [6, 6.07) is 10.1. The molecular weight excluding hydrogens is 459 g/mol. The lowest BCUT2D eigenvalue weighted by Crippen LogP contribution is -2.65. The number of nitrogens with zero attached hydrogens (tertiary/aromatic N) is 2. The summed E-state index contributed by atoms with van der Waals surface area (Å²) >= 11 is 0. The Morgan fingerprint density at radius 2 is 1.81 bits per heavy atom. The van der Waals surface area contributed by atoms with Gasteiger partial charge in [-0.3, -0.25) is 19.3 Å². The smallest absolute Gasteiger partial charge is 0.278 e. The second-order valence-corrected chi connectivity index (χ2v) is 10.3. The van der Waals surface area contributed by atoms with Crippen LogP contribution in [0.1, 0.15) is 61.1 Å². The molecular formula is C28H31FN4O3. The number of fused-ring (bicyclic) bond motifs is 3. The zero-order valence-electron chi connectivity index (χ0n) is 21.1. The number of nitrogens with one attached hydrogen (secondary N) is 2. The molecule has 0 saturated heterocycles. The molecule has 0 radical (unpaired) electrons. The standard InChI is InChI=1S/C28H31FN4O3/c1-16-9-11-22(17(2)13-16)33-26(35)25-24(30-18(3)34)21-14-19(29)10-12-23(21)32(25)15-28(33,4)27(36)31-20-7-5-6-8-20/h9-14,20H,5-8,15H2,1-4H3,(H,30,34)(H,31,36). The van der Waals surface area contributed by atoms with Crippen molar-refractivity contribution in [2.24, 2.45) is 0 Å². The molecule has 1 atom stereocenters. The Labute approximate surface area is 209 Å². The molecule has 1 unspecified atom stereocenters. The molecule has 2 aliphatic rings. The van der Waals surface area contributed by atoms with E-state index in [0.29, 0.717) is 16.6 Å². The van der Waals surface area contributed by atoms with E-state index in [2.05, 4.69) is 10.6 Å². The number of halogens is 1. The highest BCUT2D eigenvalue weighted by atomic mass is 19.1. The number of amides is 3. The van der Waals surface area contributed by atoms with Gasteiger partial charge in [0.2, 0.25) is 11.8 Å². The molecule has 1 aromatic heterocycles. The van der Waals surface area contributed by atoms with Crippen LogP contribution in [0, 0.1) is 19.7 Å². The average molecular weight is 491 g/mol. The molecule has 0 spiro atoms. The molecule has 1 aliphatic carbocycles. The van der Waals surface area contributed by atoms with Gasteiger partial charge in [-0.05, 0) is 63.4 Å². The third-order valence-electron chi connectivity index (χ3n) is 7.46. The SMILES string of the molecule is CC(=O)Nc1c2n(c3ccc(F)cc13)CC(C)(C(=O)NC1CCCC1)N(c1ccc(C)cc1C)C2=O. The van der Waals surface area contributed by atoms with Gasteiger partial charge in [0, 0.05) is 24.0 Å². The summed E-state index contributed by atoms with van der Waals surface area (Å²) < 4.78 is 16.0. The Kier molecular flexibility index (Phi) is 5.85. The zero-order chi connectivity index (χ0) is 25.8. The zero-order valence-corrected chi connectivity index (χ0v) is 21.1. The molecule has 2 aromatic carbocycles. The number of rotatable bonds is 4. The van der Waals surface area contributed by atoms with Crippen LogP contribution in [0.4, 0.5) is 15.8 Å². The van der Waals surface area contributed by atoms with E-state index < -0.39 is 17.3 Å². The molecule has 2 heterocycles. The van der Waals surface area contributed by atoms with Crippen molar-refractivity contribution in [3.8, 4) is 0 Å². The Hall–Kier alpha value is -3.68. The van der Waals surface area contributed by atoms with E-state index in [0.717, 1.165) is 36.8 Å². The molecule has 1 aliphatic heterocycles. The fraction of sp³-hybridized carbons (Fsp3) is 0.393. The van der Waals surface area contributed by atoms with Gasteiger partial charge in [-0.2, -0.15) is 0 Å². The van der Waals surface area contributed by atoms with Gasteiger partial charge in [-0.1, -0.05) is 30.5 Å². The third kappa shape index (κ3) is 3.85. The van der Waals surface area contributed by atoms with E-state index in [1.165, 1.54) is 19.1 Å². The van der Waals surface area contributed by atoms with Gasteiger partial charge in [-0.15, -0.1) is 0 Å². The number of carbonyl (C=O) groups is 3. The molecule has 36 heavy (non-hydrogen) atoms. The predicted octanol–water partition coefficient (Wildman–Crippen LogP) is 4.83. The molecule has 5 rings (SSSR count). The van der Waals surface area contributed by atoms with Crippen LogP contribution >= 0.6 is 0 Å². The van der Waals surface area contributed by atoms with E-state index in [-0.39, 0.29) is 35.8 Å². The number of aryl methyl sites for hydroxylation is 2. The minimum absolute atomic E-state index is 0.0808. The normalized spacial score (nSPS) is 20.0. The van der Waals surface area contributed by atoms with Crippen LogP contribution in [0.15, 0.2) is 36.4 Å². The topological polar surface area (TPSA) is 83.4 Å². The second-order valence-electron chi connectivity index (χ2n) is 10.3. The van der Waals surface area contributed by atoms with Gasteiger partial charge in [0.05, 0.1) is 17.7 Å². The summed E-state index contributed by atoms with van der Waals surface area (Å²) in [5.41, 5.74) is 2.36. The lowest BCUT2D eigenvalue weighted by molar-refractivity contribution is -0.127. The van der Waals surface area contributed by atoms with Crippen LogP contribution in [0.3, 0.4) is 0 Å². The first-order valence-corrected chi connectivity index (χ1v) is 12.4. The van der Waals surface area contributed by atoms with E-state index in [1.807, 2.05) is 32.0 Å². The first-order valence-electron chi connectivity index (χ1n) is 12.4. The Morgan fingerprint density at radius 3 is 2.47 bits per heavy atom. The number of hydrogen-bond acceptors (Lipinski definition) is 3. The van der Waals surface area contributed by atoms with Crippen molar-refractivity contribution in [3.05, 3.63) is 59.0 Å². The van der Waals surface area contributed by atoms with Crippen molar-refractivity contribution >= 4 is 40.0 Å². The monoisotopic (exact) mass is 490 g/mol. The predicted molar refractivity (Wildman–Crippen MR) is 138 cm³/mol. The van der Waals surface area contributed by atoms with Crippen molar-refractivity contribution in [2.75, 3.05) is 10.2 Å². The van der Waals surface area contributed by atoms with E-state index in [1.54, 1.807) is 22.5 Å². The quantitative estimate of drug-likeness (QED) is 0.549. The first kappa shape index (κ1) is 24.0. The highest BCUT2D eigenvalue weighted by Gasteiger charge is 2.50. The van der Waals surface area contributed by atoms with Crippen molar-refractivity contribution < 1.29 is 18.8 Å². The number of hydrogen-bond donors (Lipinski definition) is 2. The molecule has 2 N–H and O–H groups in total. The second kappa shape index (κ2) is 8.76. The summed E-state index contributed by atoms with van der Waals surface area (Å²) in [4.78, 5) is 41.9. The summed E-state index contributed by atoms with van der Waals surface area (Å²) in [6.07, 6.45) is 3.98. The fourth-order valence-corrected chi connectivity index (χ4v) is 5.74. The maximum absolute atomic E-state index is 14.3. The van der Waals surface area contributed by atoms with Gasteiger partial charge in [0.1, 0.15) is 17.1 Å². The van der Waals surface area contributed by atoms with Crippen molar-refractivity contribution in [3.63, 3.8) is 0 Å². The molecule has 3 amide bonds. The van der Waals surface area contributed by atoms with Crippen LogP contribution in [0.5, 0.6) is 0 Å². The number of carbonyl (C=O) groups excluding carboxylic acids is 3. The van der Waals surface area contributed by atoms with Crippen LogP contribution in [-0.4, -0.2) is 33.9 Å². The molecule has 1 fully saturated rings. The number of anilines is 2. The Bertz CT molecular complexity index is 1410. The summed E-state index contributed by atoms with van der Waals surface area (Å²) in [5, 5.41) is 6.37. The summed E-state index contributed by atoms with van der Waals surface area (Å²) in [7, 11) is 0. The lowest BCUT2D eigenvalue weighted by atomic mass is 9.92. The van der Waals surface area contributed by atoms with Crippen LogP contribution in [0.2, 0.25) is 0 Å². The maximum Gasteiger partial charge on any atom is 0.278 e. The number of aromatic nitrogens is 1. The first-order chi connectivity index (χ1) is 17.1. The largest absolute Gasteiger partial charge is 0.351 e. The molecule has 188 valence electrons. The maximum atomic E-state index is 14.3. The van der Waals surface area contributed by atoms with Gasteiger partial charge < -0.3 is 15.2 Å². The lowest BCUT2D eigenvalue weighted by Gasteiger charge is -2.45. The highest BCUT2D eigenvalue weighted by Crippen LogP contribution is 2.42. The average Bonchev–Trinajstić information content (AvgIpc) is 3.41. The Morgan fingerprint density at radius 1 is 1.08 bits per heavy atom. The van der Waals surface area contributed by atoms with Gasteiger partial charge >= 0.3 is 0 Å². The van der Waals surface area contributed by atoms with Gasteiger partial charge in [-0.25, -0.2) is 4.39 Å². The summed E-state index contributed by atoms with van der Waals surface area (Å²) in [6.45, 7) is 7.18. The molecule has 3 aromatic rings. The molecule has 7 nitrogen and oxygen atoms in total. The van der Waals surface area contributed by atoms with E-state index >= 15 is 0 Å². The minimum Gasteiger partial charge on any atom is -0.351 e. The van der Waals surface area contributed by atoms with Gasteiger partial charge in [0.25, 0.3) is 5.91 Å². The minimum atomic E-state index is -1.25. The molecule has 1 saturated carbocycles. The van der Waals surface area contributed by atoms with Crippen LogP contribution in [0.25, 0.3) is 10.9 Å². The fourth-order valence-electron chi connectivity index (χ4n) is 5.74. The van der Waals surface area contributed by atoms with Crippen molar-refractivity contribution in [1.29, 1.82) is 0 Å². The van der Waals surface area contributed by atoms with Crippen LogP contribution in [-0.2, 0) is 16.1 Å². The van der Waals surface area contributed by atoms with E-state index in [4.69, 9.17) is 0 Å².